The largest absolute Gasteiger partial charge is 0.492 e. The molecule has 1 amide bonds. The van der Waals surface area contributed by atoms with Gasteiger partial charge in [-0.3, -0.25) is 4.79 Å². The van der Waals surface area contributed by atoms with Gasteiger partial charge < -0.3 is 15.8 Å². The Morgan fingerprint density at radius 1 is 1.53 bits per heavy atom. The number of carbonyl (C=O) groups is 1. The highest BCUT2D eigenvalue weighted by Crippen LogP contribution is 2.41. The molecule has 0 heterocycles. The van der Waals surface area contributed by atoms with Gasteiger partial charge in [0.05, 0.1) is 17.7 Å². The van der Waals surface area contributed by atoms with Crippen molar-refractivity contribution in [3.63, 3.8) is 0 Å². The van der Waals surface area contributed by atoms with E-state index in [1.807, 2.05) is 6.92 Å². The first kappa shape index (κ1) is 14.2. The second-order valence-corrected chi connectivity index (χ2v) is 5.30. The van der Waals surface area contributed by atoms with Gasteiger partial charge in [-0.25, -0.2) is 0 Å². The van der Waals surface area contributed by atoms with Gasteiger partial charge in [0, 0.05) is 11.6 Å². The number of nitrogens with one attached hydrogen (secondary N) is 1. The van der Waals surface area contributed by atoms with Crippen LogP contribution in [0.3, 0.4) is 0 Å². The third-order valence-electron chi connectivity index (χ3n) is 3.67. The molecule has 0 aliphatic heterocycles. The molecular formula is C14H19ClN2O2. The number of halogens is 1. The van der Waals surface area contributed by atoms with Gasteiger partial charge in [0.15, 0.2) is 0 Å². The van der Waals surface area contributed by atoms with Crippen LogP contribution in [0.15, 0.2) is 18.2 Å². The predicted molar refractivity (Wildman–Crippen MR) is 76.6 cm³/mol. The Kier molecular flexibility index (Phi) is 4.32. The minimum atomic E-state index is -0.411. The summed E-state index contributed by atoms with van der Waals surface area (Å²) in [6.07, 6.45) is 2.75. The van der Waals surface area contributed by atoms with Gasteiger partial charge in [-0.15, -0.1) is 0 Å². The van der Waals surface area contributed by atoms with E-state index < -0.39 is 5.41 Å². The number of anilines is 1. The average molecular weight is 283 g/mol. The molecule has 1 aliphatic rings. The molecule has 1 fully saturated rings. The number of amides is 1. The lowest BCUT2D eigenvalue weighted by Gasteiger charge is -2.39. The number of rotatable bonds is 5. The van der Waals surface area contributed by atoms with Gasteiger partial charge in [-0.2, -0.15) is 0 Å². The standard InChI is InChI=1S/C14H19ClN2O2/c1-2-19-12-5-4-10(15)8-11(12)17-13(18)14(9-16)6-3-7-14/h4-5,8H,2-3,6-7,9,16H2,1H3,(H,17,18). The van der Waals surface area contributed by atoms with E-state index in [4.69, 9.17) is 22.1 Å². The Hall–Kier alpha value is -1.26. The number of benzene rings is 1. The van der Waals surface area contributed by atoms with Crippen LogP contribution in [0.25, 0.3) is 0 Å². The van der Waals surface area contributed by atoms with Crippen LogP contribution >= 0.6 is 11.6 Å². The Balaban J connectivity index is 2.17. The van der Waals surface area contributed by atoms with E-state index in [2.05, 4.69) is 5.32 Å². The molecule has 5 heteroatoms. The molecule has 1 aliphatic carbocycles. The van der Waals surface area contributed by atoms with E-state index in [0.29, 0.717) is 29.6 Å². The molecule has 2 rings (SSSR count). The minimum absolute atomic E-state index is 0.0375. The smallest absolute Gasteiger partial charge is 0.231 e. The maximum absolute atomic E-state index is 12.3. The molecule has 1 aromatic carbocycles. The summed E-state index contributed by atoms with van der Waals surface area (Å²) in [5.74, 6) is 0.594. The fourth-order valence-electron chi connectivity index (χ4n) is 2.26. The Bertz CT molecular complexity index is 467. The fourth-order valence-corrected chi connectivity index (χ4v) is 2.44. The maximum atomic E-state index is 12.3. The third kappa shape index (κ3) is 2.85. The molecule has 0 radical (unpaired) electrons. The Morgan fingerprint density at radius 2 is 2.26 bits per heavy atom. The van der Waals surface area contributed by atoms with Crippen LogP contribution in [0.4, 0.5) is 5.69 Å². The number of ether oxygens (including phenoxy) is 1. The van der Waals surface area contributed by atoms with Crippen LogP contribution in [-0.4, -0.2) is 19.1 Å². The van der Waals surface area contributed by atoms with E-state index in [1.54, 1.807) is 18.2 Å². The van der Waals surface area contributed by atoms with Gasteiger partial charge in [0.2, 0.25) is 5.91 Å². The number of carbonyl (C=O) groups excluding carboxylic acids is 1. The summed E-state index contributed by atoms with van der Waals surface area (Å²) in [5, 5.41) is 3.47. The predicted octanol–water partition coefficient (Wildman–Crippen LogP) is 2.81. The zero-order chi connectivity index (χ0) is 13.9. The number of hydrogen-bond donors (Lipinski definition) is 2. The van der Waals surface area contributed by atoms with E-state index in [9.17, 15) is 4.79 Å². The first-order valence-electron chi connectivity index (χ1n) is 6.55. The zero-order valence-electron chi connectivity index (χ0n) is 11.0. The van der Waals surface area contributed by atoms with Crippen LogP contribution in [0.2, 0.25) is 5.02 Å². The summed E-state index contributed by atoms with van der Waals surface area (Å²) in [6.45, 7) is 2.81. The summed E-state index contributed by atoms with van der Waals surface area (Å²) < 4.78 is 5.49. The molecule has 0 spiro atoms. The van der Waals surface area contributed by atoms with Gasteiger partial charge in [0.1, 0.15) is 5.75 Å². The molecule has 3 N–H and O–H groups in total. The van der Waals surface area contributed by atoms with Crippen molar-refractivity contribution in [1.82, 2.24) is 0 Å². The highest BCUT2D eigenvalue weighted by Gasteiger charge is 2.43. The third-order valence-corrected chi connectivity index (χ3v) is 3.91. The topological polar surface area (TPSA) is 64.3 Å². The van der Waals surface area contributed by atoms with E-state index in [-0.39, 0.29) is 5.91 Å². The van der Waals surface area contributed by atoms with Crippen molar-refractivity contribution in [2.75, 3.05) is 18.5 Å². The summed E-state index contributed by atoms with van der Waals surface area (Å²) >= 11 is 5.96. The van der Waals surface area contributed by atoms with Crippen LogP contribution in [0.1, 0.15) is 26.2 Å². The maximum Gasteiger partial charge on any atom is 0.231 e. The van der Waals surface area contributed by atoms with E-state index >= 15 is 0 Å². The molecule has 1 aromatic rings. The Labute approximate surface area is 118 Å². The van der Waals surface area contributed by atoms with Crippen molar-refractivity contribution >= 4 is 23.2 Å². The SMILES string of the molecule is CCOc1ccc(Cl)cc1NC(=O)C1(CN)CCC1. The molecule has 0 bridgehead atoms. The van der Waals surface area contributed by atoms with Crippen molar-refractivity contribution in [2.45, 2.75) is 26.2 Å². The van der Waals surface area contributed by atoms with Gasteiger partial charge >= 0.3 is 0 Å². The molecule has 0 unspecified atom stereocenters. The number of hydrogen-bond acceptors (Lipinski definition) is 3. The number of nitrogens with two attached hydrogens (primary N) is 1. The van der Waals surface area contributed by atoms with Crippen LogP contribution in [0, 0.1) is 5.41 Å². The second kappa shape index (κ2) is 5.80. The highest BCUT2D eigenvalue weighted by molar-refractivity contribution is 6.31. The van der Waals surface area contributed by atoms with Gasteiger partial charge in [-0.05, 0) is 38.0 Å². The lowest BCUT2D eigenvalue weighted by molar-refractivity contribution is -0.129. The summed E-state index contributed by atoms with van der Waals surface area (Å²) in [4.78, 5) is 12.3. The van der Waals surface area contributed by atoms with Gasteiger partial charge in [0.25, 0.3) is 0 Å². The first-order chi connectivity index (χ1) is 9.11. The first-order valence-corrected chi connectivity index (χ1v) is 6.93. The lowest BCUT2D eigenvalue weighted by atomic mass is 9.68. The average Bonchev–Trinajstić information content (AvgIpc) is 2.32. The molecule has 0 saturated heterocycles. The van der Waals surface area contributed by atoms with Crippen molar-refractivity contribution < 1.29 is 9.53 Å². The van der Waals surface area contributed by atoms with Crippen LogP contribution in [-0.2, 0) is 4.79 Å². The quantitative estimate of drug-likeness (QED) is 0.873. The monoisotopic (exact) mass is 282 g/mol. The lowest BCUT2D eigenvalue weighted by Crippen LogP contribution is -2.47. The normalized spacial score (nSPS) is 16.6. The molecule has 0 aromatic heterocycles. The fraction of sp³-hybridized carbons (Fsp3) is 0.500. The molecule has 1 saturated carbocycles. The second-order valence-electron chi connectivity index (χ2n) is 4.87. The van der Waals surface area contributed by atoms with Gasteiger partial charge in [-0.1, -0.05) is 18.0 Å². The van der Waals surface area contributed by atoms with Crippen LogP contribution < -0.4 is 15.8 Å². The molecule has 104 valence electrons. The van der Waals surface area contributed by atoms with Crippen molar-refractivity contribution in [3.05, 3.63) is 23.2 Å². The van der Waals surface area contributed by atoms with Crippen molar-refractivity contribution in [2.24, 2.45) is 11.1 Å². The minimum Gasteiger partial charge on any atom is -0.492 e. The molecule has 0 atom stereocenters. The zero-order valence-corrected chi connectivity index (χ0v) is 11.8. The highest BCUT2D eigenvalue weighted by atomic mass is 35.5. The molecule has 19 heavy (non-hydrogen) atoms. The molecule has 4 nitrogen and oxygen atoms in total. The summed E-state index contributed by atoms with van der Waals surface area (Å²) in [6, 6.07) is 5.20. The molecular weight excluding hydrogens is 264 g/mol. The van der Waals surface area contributed by atoms with Crippen molar-refractivity contribution in [1.29, 1.82) is 0 Å². The van der Waals surface area contributed by atoms with E-state index in [0.717, 1.165) is 19.3 Å². The van der Waals surface area contributed by atoms with E-state index in [1.165, 1.54) is 0 Å². The Morgan fingerprint density at radius 3 is 2.79 bits per heavy atom. The van der Waals surface area contributed by atoms with Crippen LogP contribution in [0.5, 0.6) is 5.75 Å². The summed E-state index contributed by atoms with van der Waals surface area (Å²) in [5.41, 5.74) is 5.93. The summed E-state index contributed by atoms with van der Waals surface area (Å²) in [7, 11) is 0. The van der Waals surface area contributed by atoms with Crippen molar-refractivity contribution in [3.8, 4) is 5.75 Å².